The minimum atomic E-state index is 0.338. The van der Waals surface area contributed by atoms with Gasteiger partial charge in [-0.05, 0) is 19.1 Å². The number of ether oxygens (including phenoxy) is 1. The van der Waals surface area contributed by atoms with Crippen LogP contribution in [0.25, 0.3) is 11.0 Å². The molecule has 0 radical (unpaired) electrons. The van der Waals surface area contributed by atoms with Crippen LogP contribution in [-0.2, 0) is 13.0 Å². The van der Waals surface area contributed by atoms with Crippen molar-refractivity contribution in [2.24, 2.45) is 0 Å². The molecule has 0 spiro atoms. The Hall–Kier alpha value is -2.02. The van der Waals surface area contributed by atoms with Crippen molar-refractivity contribution in [2.45, 2.75) is 19.9 Å². The summed E-state index contributed by atoms with van der Waals surface area (Å²) in [6, 6.07) is 7.91. The number of rotatable bonds is 3. The molecule has 0 aliphatic carbocycles. The molecule has 0 aliphatic rings. The van der Waals surface area contributed by atoms with Gasteiger partial charge in [0.15, 0.2) is 0 Å². The lowest BCUT2D eigenvalue weighted by Gasteiger charge is -2.03. The summed E-state index contributed by atoms with van der Waals surface area (Å²) >= 11 is 0. The fourth-order valence-corrected chi connectivity index (χ4v) is 1.84. The van der Waals surface area contributed by atoms with E-state index in [0.717, 1.165) is 29.2 Å². The van der Waals surface area contributed by atoms with E-state index in [0.29, 0.717) is 6.42 Å². The summed E-state index contributed by atoms with van der Waals surface area (Å²) in [5.41, 5.74) is 1.93. The van der Waals surface area contributed by atoms with Crippen molar-refractivity contribution in [3.63, 3.8) is 0 Å². The highest BCUT2D eigenvalue weighted by Crippen LogP contribution is 2.21. The van der Waals surface area contributed by atoms with Crippen LogP contribution in [-0.4, -0.2) is 16.7 Å². The number of nitrogens with zero attached hydrogens (tertiary/aromatic N) is 3. The molecular weight excluding hydrogens is 202 g/mol. The van der Waals surface area contributed by atoms with Gasteiger partial charge in [0.25, 0.3) is 0 Å². The van der Waals surface area contributed by atoms with Gasteiger partial charge in [-0.1, -0.05) is 0 Å². The molecule has 0 saturated heterocycles. The predicted molar refractivity (Wildman–Crippen MR) is 61.3 cm³/mol. The van der Waals surface area contributed by atoms with Gasteiger partial charge in [0.1, 0.15) is 11.6 Å². The van der Waals surface area contributed by atoms with E-state index in [-0.39, 0.29) is 0 Å². The highest BCUT2D eigenvalue weighted by molar-refractivity contribution is 5.77. The Labute approximate surface area is 94.1 Å². The molecule has 4 heteroatoms. The summed E-state index contributed by atoms with van der Waals surface area (Å²) in [6.45, 7) is 2.87. The number of aromatic nitrogens is 2. The SMILES string of the molecule is CCn1c(CC#N)nc2cc(OC)ccc21. The summed E-state index contributed by atoms with van der Waals surface area (Å²) in [4.78, 5) is 4.44. The van der Waals surface area contributed by atoms with Gasteiger partial charge in [-0.15, -0.1) is 0 Å². The monoisotopic (exact) mass is 215 g/mol. The molecule has 82 valence electrons. The molecular formula is C12H13N3O. The normalized spacial score (nSPS) is 10.3. The summed E-state index contributed by atoms with van der Waals surface area (Å²) in [7, 11) is 1.63. The fraction of sp³-hybridized carbons (Fsp3) is 0.333. The summed E-state index contributed by atoms with van der Waals surface area (Å²) < 4.78 is 7.20. The first kappa shape index (κ1) is 10.5. The van der Waals surface area contributed by atoms with Crippen molar-refractivity contribution in [1.29, 1.82) is 5.26 Å². The Bertz CT molecular complexity index is 551. The number of aryl methyl sites for hydroxylation is 1. The van der Waals surface area contributed by atoms with Crippen molar-refractivity contribution in [3.8, 4) is 11.8 Å². The van der Waals surface area contributed by atoms with Gasteiger partial charge < -0.3 is 9.30 Å². The lowest BCUT2D eigenvalue weighted by atomic mass is 10.3. The Morgan fingerprint density at radius 1 is 1.50 bits per heavy atom. The number of nitriles is 1. The maximum atomic E-state index is 8.74. The Balaban J connectivity index is 2.62. The number of hydrogen-bond donors (Lipinski definition) is 0. The molecule has 16 heavy (non-hydrogen) atoms. The predicted octanol–water partition coefficient (Wildman–Crippen LogP) is 2.13. The third-order valence-electron chi connectivity index (χ3n) is 2.59. The van der Waals surface area contributed by atoms with Crippen molar-refractivity contribution >= 4 is 11.0 Å². The van der Waals surface area contributed by atoms with E-state index in [4.69, 9.17) is 10.00 Å². The summed E-state index contributed by atoms with van der Waals surface area (Å²) in [5.74, 6) is 1.60. The molecule has 0 amide bonds. The van der Waals surface area contributed by atoms with Crippen LogP contribution < -0.4 is 4.74 Å². The molecule has 4 nitrogen and oxygen atoms in total. The zero-order chi connectivity index (χ0) is 11.5. The summed E-state index contributed by atoms with van der Waals surface area (Å²) in [5, 5.41) is 8.74. The Morgan fingerprint density at radius 3 is 2.94 bits per heavy atom. The minimum absolute atomic E-state index is 0.338. The molecule has 2 aromatic rings. The molecule has 2 rings (SSSR count). The lowest BCUT2D eigenvalue weighted by Crippen LogP contribution is -2.00. The topological polar surface area (TPSA) is 50.8 Å². The minimum Gasteiger partial charge on any atom is -0.497 e. The number of methoxy groups -OCH3 is 1. The van der Waals surface area contributed by atoms with E-state index in [1.807, 2.05) is 25.1 Å². The lowest BCUT2D eigenvalue weighted by molar-refractivity contribution is 0.415. The first-order chi connectivity index (χ1) is 7.80. The average Bonchev–Trinajstić information content (AvgIpc) is 2.65. The van der Waals surface area contributed by atoms with Crippen LogP contribution in [0.2, 0.25) is 0 Å². The van der Waals surface area contributed by atoms with Crippen LogP contribution in [0.4, 0.5) is 0 Å². The van der Waals surface area contributed by atoms with E-state index < -0.39 is 0 Å². The Morgan fingerprint density at radius 2 is 2.31 bits per heavy atom. The first-order valence-corrected chi connectivity index (χ1v) is 5.20. The van der Waals surface area contributed by atoms with Gasteiger partial charge in [-0.2, -0.15) is 5.26 Å². The molecule has 0 unspecified atom stereocenters. The van der Waals surface area contributed by atoms with Crippen molar-refractivity contribution in [3.05, 3.63) is 24.0 Å². The molecule has 0 fully saturated rings. The van der Waals surface area contributed by atoms with Gasteiger partial charge in [-0.3, -0.25) is 0 Å². The molecule has 0 aliphatic heterocycles. The highest BCUT2D eigenvalue weighted by Gasteiger charge is 2.09. The van der Waals surface area contributed by atoms with E-state index in [1.54, 1.807) is 7.11 Å². The van der Waals surface area contributed by atoms with Crippen LogP contribution in [0.3, 0.4) is 0 Å². The zero-order valence-electron chi connectivity index (χ0n) is 9.40. The van der Waals surface area contributed by atoms with Gasteiger partial charge in [-0.25, -0.2) is 4.98 Å². The highest BCUT2D eigenvalue weighted by atomic mass is 16.5. The second kappa shape index (κ2) is 4.23. The second-order valence-corrected chi connectivity index (χ2v) is 3.46. The molecule has 1 aromatic carbocycles. The van der Waals surface area contributed by atoms with Crippen LogP contribution in [0.1, 0.15) is 12.7 Å². The van der Waals surface area contributed by atoms with E-state index in [2.05, 4.69) is 15.6 Å². The molecule has 0 atom stereocenters. The second-order valence-electron chi connectivity index (χ2n) is 3.46. The third kappa shape index (κ3) is 1.61. The molecule has 0 bridgehead atoms. The standard InChI is InChI=1S/C12H13N3O/c1-3-15-11-5-4-9(16-2)8-10(11)14-12(15)6-7-13/h4-5,8H,3,6H2,1-2H3. The van der Waals surface area contributed by atoms with E-state index >= 15 is 0 Å². The van der Waals surface area contributed by atoms with E-state index in [1.165, 1.54) is 0 Å². The largest absolute Gasteiger partial charge is 0.497 e. The molecule has 0 N–H and O–H groups in total. The van der Waals surface area contributed by atoms with Crippen molar-refractivity contribution in [2.75, 3.05) is 7.11 Å². The van der Waals surface area contributed by atoms with E-state index in [9.17, 15) is 0 Å². The number of fused-ring (bicyclic) bond motifs is 1. The van der Waals surface area contributed by atoms with Gasteiger partial charge >= 0.3 is 0 Å². The van der Waals surface area contributed by atoms with Gasteiger partial charge in [0.05, 0.1) is 30.6 Å². The summed E-state index contributed by atoms with van der Waals surface area (Å²) in [6.07, 6.45) is 0.338. The van der Waals surface area contributed by atoms with Crippen LogP contribution in [0, 0.1) is 11.3 Å². The molecule has 1 heterocycles. The van der Waals surface area contributed by atoms with Crippen molar-refractivity contribution in [1.82, 2.24) is 9.55 Å². The van der Waals surface area contributed by atoms with Gasteiger partial charge in [0, 0.05) is 12.6 Å². The van der Waals surface area contributed by atoms with Crippen LogP contribution in [0.15, 0.2) is 18.2 Å². The Kier molecular flexibility index (Phi) is 2.78. The smallest absolute Gasteiger partial charge is 0.124 e. The third-order valence-corrected chi connectivity index (χ3v) is 2.59. The maximum absolute atomic E-state index is 8.74. The molecule has 1 aromatic heterocycles. The fourth-order valence-electron chi connectivity index (χ4n) is 1.84. The maximum Gasteiger partial charge on any atom is 0.124 e. The first-order valence-electron chi connectivity index (χ1n) is 5.20. The average molecular weight is 215 g/mol. The number of imidazole rings is 1. The zero-order valence-corrected chi connectivity index (χ0v) is 9.40. The van der Waals surface area contributed by atoms with Gasteiger partial charge in [0.2, 0.25) is 0 Å². The number of hydrogen-bond acceptors (Lipinski definition) is 3. The quantitative estimate of drug-likeness (QED) is 0.788. The van der Waals surface area contributed by atoms with Crippen LogP contribution in [0.5, 0.6) is 5.75 Å². The number of benzene rings is 1. The van der Waals surface area contributed by atoms with Crippen molar-refractivity contribution < 1.29 is 4.74 Å². The molecule has 0 saturated carbocycles. The van der Waals surface area contributed by atoms with Crippen LogP contribution >= 0.6 is 0 Å².